The zero-order chi connectivity index (χ0) is 6.48. The second-order valence-corrected chi connectivity index (χ2v) is 2.78. The van der Waals surface area contributed by atoms with Gasteiger partial charge in [0.15, 0.2) is 0 Å². The Morgan fingerprint density at radius 3 is 2.29 bits per heavy atom. The molecule has 0 aromatic carbocycles. The fraction of sp³-hybridized carbons (Fsp3) is 1.00. The minimum atomic E-state index is -0.789. The van der Waals surface area contributed by atoms with Crippen molar-refractivity contribution in [1.29, 1.82) is 0 Å². The summed E-state index contributed by atoms with van der Waals surface area (Å²) in [4.78, 5) is 0. The van der Waals surface area contributed by atoms with Gasteiger partial charge in [0.05, 0.1) is 0 Å². The first kappa shape index (κ1) is 2.52. The third kappa shape index (κ3) is 0.490. The van der Waals surface area contributed by atoms with E-state index in [0.29, 0.717) is 5.92 Å². The summed E-state index contributed by atoms with van der Waals surface area (Å²) in [6.07, 6.45) is 3.68. The summed E-state index contributed by atoms with van der Waals surface area (Å²) in [5, 5.41) is 0. The van der Waals surface area contributed by atoms with E-state index < -0.39 is 6.37 Å². The van der Waals surface area contributed by atoms with Gasteiger partial charge in [0.25, 0.3) is 0 Å². The first-order valence-corrected chi connectivity index (χ1v) is 3.18. The molecular weight excluding hydrogens is 84.1 g/mol. The summed E-state index contributed by atoms with van der Waals surface area (Å²) in [6.45, 7) is 0. The molecule has 0 heterocycles. The van der Waals surface area contributed by atoms with E-state index in [0.717, 1.165) is 18.8 Å². The molecule has 2 aliphatic rings. The Labute approximate surface area is 47.7 Å². The van der Waals surface area contributed by atoms with Gasteiger partial charge in [0, 0.05) is 2.74 Å². The maximum Gasteiger partial charge on any atom is 0.0269 e. The van der Waals surface area contributed by atoms with Gasteiger partial charge in [0.1, 0.15) is 0 Å². The smallest absolute Gasteiger partial charge is 0.0269 e. The molecule has 2 atom stereocenters. The minimum Gasteiger partial charge on any atom is -0.0502 e. The fourth-order valence-corrected chi connectivity index (χ4v) is 1.78. The zero-order valence-electron chi connectivity index (χ0n) is 6.48. The Balaban J connectivity index is 2.18. The van der Waals surface area contributed by atoms with Crippen molar-refractivity contribution in [3.05, 3.63) is 0 Å². The molecule has 0 aromatic heterocycles. The lowest BCUT2D eigenvalue weighted by atomic mass is 10.0. The van der Waals surface area contributed by atoms with E-state index in [1.807, 2.05) is 0 Å². The van der Waals surface area contributed by atoms with Crippen molar-refractivity contribution < 1.29 is 2.74 Å². The van der Waals surface area contributed by atoms with Crippen molar-refractivity contribution in [1.82, 2.24) is 0 Å². The molecule has 0 aliphatic heterocycles. The van der Waals surface area contributed by atoms with Crippen LogP contribution in [0.2, 0.25) is 0 Å². The summed E-state index contributed by atoms with van der Waals surface area (Å²) >= 11 is 0. The van der Waals surface area contributed by atoms with Gasteiger partial charge >= 0.3 is 0 Å². The molecule has 0 saturated heterocycles. The van der Waals surface area contributed by atoms with Crippen LogP contribution in [0.15, 0.2) is 0 Å². The predicted octanol–water partition coefficient (Wildman–Crippen LogP) is 2.20. The molecule has 7 heavy (non-hydrogen) atoms. The van der Waals surface area contributed by atoms with Crippen molar-refractivity contribution in [3.63, 3.8) is 0 Å². The lowest BCUT2D eigenvalue weighted by molar-refractivity contribution is 0.480. The summed E-state index contributed by atoms with van der Waals surface area (Å²) < 4.78 is 15.1. The average molecular weight is 98.2 g/mol. The van der Waals surface area contributed by atoms with E-state index in [4.69, 9.17) is 2.74 Å². The van der Waals surface area contributed by atoms with Crippen LogP contribution in [0.3, 0.4) is 0 Å². The molecule has 0 spiro atoms. The molecule has 0 aromatic rings. The normalized spacial score (nSPS) is 59.4. The lowest BCUT2D eigenvalue weighted by Crippen LogP contribution is -1.90. The highest BCUT2D eigenvalue weighted by atomic mass is 14.4. The molecule has 40 valence electrons. The highest BCUT2D eigenvalue weighted by Crippen LogP contribution is 2.43. The molecule has 2 rings (SSSR count). The molecule has 2 aliphatic carbocycles. The second kappa shape index (κ2) is 1.24. The highest BCUT2D eigenvalue weighted by molar-refractivity contribution is 4.82. The van der Waals surface area contributed by atoms with Crippen molar-refractivity contribution in [2.75, 3.05) is 0 Å². The maximum absolute atomic E-state index is 7.54. The van der Waals surface area contributed by atoms with E-state index in [2.05, 4.69) is 0 Å². The molecule has 0 heteroatoms. The molecule has 0 N–H and O–H groups in total. The molecular formula is C7H12. The predicted molar refractivity (Wildman–Crippen MR) is 30.1 cm³/mol. The van der Waals surface area contributed by atoms with E-state index in [1.54, 1.807) is 0 Å². The van der Waals surface area contributed by atoms with Gasteiger partial charge in [-0.15, -0.1) is 0 Å². The molecule has 0 radical (unpaired) electrons. The van der Waals surface area contributed by atoms with Gasteiger partial charge in [-0.3, -0.25) is 0 Å². The van der Waals surface area contributed by atoms with Crippen LogP contribution in [0, 0.1) is 11.8 Å². The molecule has 2 bridgehead atoms. The van der Waals surface area contributed by atoms with Crippen LogP contribution in [0.5, 0.6) is 0 Å². The molecule has 0 amide bonds. The monoisotopic (exact) mass is 98.1 g/mol. The van der Waals surface area contributed by atoms with E-state index in [-0.39, 0.29) is 0 Å². The van der Waals surface area contributed by atoms with Crippen LogP contribution in [0.4, 0.5) is 0 Å². The maximum atomic E-state index is 7.54. The first-order valence-electron chi connectivity index (χ1n) is 4.18. The Kier molecular flexibility index (Phi) is 0.446. The van der Waals surface area contributed by atoms with E-state index in [1.165, 1.54) is 12.8 Å². The molecule has 2 unspecified atom stereocenters. The van der Waals surface area contributed by atoms with Crippen LogP contribution >= 0.6 is 0 Å². The largest absolute Gasteiger partial charge is 0.0502 e. The van der Waals surface area contributed by atoms with Crippen LogP contribution in [0.25, 0.3) is 0 Å². The average Bonchev–Trinajstić information content (AvgIpc) is 2.19. The summed E-state index contributed by atoms with van der Waals surface area (Å²) in [5.74, 6) is 1.16. The SMILES string of the molecule is [2H]C1([2H])CC2CCC1C2. The van der Waals surface area contributed by atoms with Crippen LogP contribution < -0.4 is 0 Å². The van der Waals surface area contributed by atoms with E-state index in [9.17, 15) is 0 Å². The Morgan fingerprint density at radius 2 is 2.00 bits per heavy atom. The van der Waals surface area contributed by atoms with Crippen molar-refractivity contribution >= 4 is 0 Å². The zero-order valence-corrected chi connectivity index (χ0v) is 4.48. The van der Waals surface area contributed by atoms with Crippen molar-refractivity contribution in [3.8, 4) is 0 Å². The number of hydrogen-bond acceptors (Lipinski definition) is 0. The van der Waals surface area contributed by atoms with Crippen LogP contribution in [-0.2, 0) is 0 Å². The molecule has 2 fully saturated rings. The van der Waals surface area contributed by atoms with Gasteiger partial charge in [-0.2, -0.15) is 0 Å². The number of fused-ring (bicyclic) bond motifs is 2. The summed E-state index contributed by atoms with van der Waals surface area (Å²) in [6, 6.07) is 0. The van der Waals surface area contributed by atoms with E-state index >= 15 is 0 Å². The number of hydrogen-bond donors (Lipinski definition) is 0. The van der Waals surface area contributed by atoms with Crippen molar-refractivity contribution in [2.24, 2.45) is 11.8 Å². The number of rotatable bonds is 0. The fourth-order valence-electron chi connectivity index (χ4n) is 1.78. The summed E-state index contributed by atoms with van der Waals surface area (Å²) in [7, 11) is 0. The minimum absolute atomic E-state index is 0.419. The van der Waals surface area contributed by atoms with Gasteiger partial charge in [-0.25, -0.2) is 0 Å². The lowest BCUT2D eigenvalue weighted by Gasteiger charge is -2.05. The van der Waals surface area contributed by atoms with Gasteiger partial charge in [-0.1, -0.05) is 25.6 Å². The van der Waals surface area contributed by atoms with Crippen LogP contribution in [-0.4, -0.2) is 0 Å². The Hall–Kier alpha value is 0. The Bertz CT molecular complexity index is 131. The quantitative estimate of drug-likeness (QED) is 0.435. The second-order valence-electron chi connectivity index (χ2n) is 2.78. The van der Waals surface area contributed by atoms with Gasteiger partial charge in [0.2, 0.25) is 0 Å². The third-order valence-electron chi connectivity index (χ3n) is 2.24. The van der Waals surface area contributed by atoms with Crippen LogP contribution in [0.1, 0.15) is 34.8 Å². The van der Waals surface area contributed by atoms with Gasteiger partial charge < -0.3 is 0 Å². The molecule has 2 saturated carbocycles. The molecule has 0 nitrogen and oxygen atoms in total. The third-order valence-corrected chi connectivity index (χ3v) is 2.24. The first-order chi connectivity index (χ1) is 4.18. The Morgan fingerprint density at radius 1 is 1.14 bits per heavy atom. The standard InChI is InChI=1S/C7H12/c1-2-7-4-3-6(1)5-7/h6-7H,1-5H2/i1D2. The summed E-state index contributed by atoms with van der Waals surface area (Å²) in [5.41, 5.74) is 0. The topological polar surface area (TPSA) is 0 Å². The van der Waals surface area contributed by atoms with Gasteiger partial charge in [-0.05, 0) is 18.3 Å². The van der Waals surface area contributed by atoms with Crippen molar-refractivity contribution in [2.45, 2.75) is 32.1 Å². The highest BCUT2D eigenvalue weighted by Gasteiger charge is 2.30.